The van der Waals surface area contributed by atoms with Crippen LogP contribution in [-0.4, -0.2) is 6.26 Å². The van der Waals surface area contributed by atoms with Gasteiger partial charge in [0.05, 0.1) is 9.60 Å². The van der Waals surface area contributed by atoms with Crippen LogP contribution < -0.4 is 0 Å². The maximum atomic E-state index is 13.2. The smallest absolute Gasteiger partial charge is 0.191 e. The molecule has 0 N–H and O–H groups in total. The van der Waals surface area contributed by atoms with Crippen LogP contribution >= 0.6 is 23.1 Å². The van der Waals surface area contributed by atoms with Gasteiger partial charge < -0.3 is 0 Å². The Bertz CT molecular complexity index is 448. The van der Waals surface area contributed by atoms with E-state index >= 15 is 0 Å². The van der Waals surface area contributed by atoms with E-state index in [0.29, 0.717) is 15.0 Å². The lowest BCUT2D eigenvalue weighted by molar-refractivity contribution is 0.636. The van der Waals surface area contributed by atoms with Gasteiger partial charge in [-0.3, -0.25) is 0 Å². The van der Waals surface area contributed by atoms with E-state index < -0.39 is 0 Å². The number of benzene rings is 1. The minimum atomic E-state index is -0.346. The van der Waals surface area contributed by atoms with Gasteiger partial charge in [0.15, 0.2) is 5.13 Å². The van der Waals surface area contributed by atoms with Crippen molar-refractivity contribution in [1.82, 2.24) is 0 Å². The van der Waals surface area contributed by atoms with Crippen molar-refractivity contribution in [3.63, 3.8) is 0 Å². The maximum absolute atomic E-state index is 13.2. The maximum Gasteiger partial charge on any atom is 0.191 e. The SMILES string of the molecule is CSc1c(F)sc2c(F)cccc12. The van der Waals surface area contributed by atoms with Crippen LogP contribution in [0.5, 0.6) is 0 Å². The zero-order valence-corrected chi connectivity index (χ0v) is 8.44. The van der Waals surface area contributed by atoms with E-state index in [1.54, 1.807) is 18.4 Å². The summed E-state index contributed by atoms with van der Waals surface area (Å²) in [6, 6.07) is 4.69. The number of rotatable bonds is 1. The average molecular weight is 216 g/mol. The number of hydrogen-bond donors (Lipinski definition) is 0. The number of hydrogen-bond acceptors (Lipinski definition) is 2. The fourth-order valence-electron chi connectivity index (χ4n) is 1.22. The summed E-state index contributed by atoms with van der Waals surface area (Å²) < 4.78 is 26.8. The minimum Gasteiger partial charge on any atom is -0.205 e. The molecule has 0 aliphatic rings. The van der Waals surface area contributed by atoms with Crippen LogP contribution in [0.4, 0.5) is 8.78 Å². The first kappa shape index (κ1) is 8.97. The molecule has 0 unspecified atom stereocenters. The van der Waals surface area contributed by atoms with Gasteiger partial charge in [0.25, 0.3) is 0 Å². The summed E-state index contributed by atoms with van der Waals surface area (Å²) in [6.07, 6.45) is 1.79. The first-order chi connectivity index (χ1) is 6.24. The van der Waals surface area contributed by atoms with E-state index in [1.807, 2.05) is 0 Å². The highest BCUT2D eigenvalue weighted by atomic mass is 32.2. The Hall–Kier alpha value is -0.610. The Morgan fingerprint density at radius 1 is 1.31 bits per heavy atom. The van der Waals surface area contributed by atoms with E-state index in [9.17, 15) is 8.78 Å². The summed E-state index contributed by atoms with van der Waals surface area (Å²) in [5.74, 6) is -0.346. The standard InChI is InChI=1S/C9H6F2S2/c1-12-8-5-3-2-4-6(10)7(5)13-9(8)11/h2-4H,1H3. The second-order valence-electron chi connectivity index (χ2n) is 2.53. The van der Waals surface area contributed by atoms with Crippen molar-refractivity contribution >= 4 is 33.2 Å². The third-order valence-corrected chi connectivity index (χ3v) is 3.72. The molecule has 2 rings (SSSR count). The molecule has 0 atom stereocenters. The van der Waals surface area contributed by atoms with Crippen molar-refractivity contribution in [2.75, 3.05) is 6.26 Å². The molecule has 0 fully saturated rings. The van der Waals surface area contributed by atoms with Crippen LogP contribution in [0.2, 0.25) is 0 Å². The first-order valence-electron chi connectivity index (χ1n) is 3.64. The highest BCUT2D eigenvalue weighted by Crippen LogP contribution is 2.36. The van der Waals surface area contributed by atoms with Crippen molar-refractivity contribution in [3.05, 3.63) is 29.1 Å². The van der Waals surface area contributed by atoms with E-state index in [4.69, 9.17) is 0 Å². The molecule has 0 spiro atoms. The summed E-state index contributed by atoms with van der Waals surface area (Å²) in [5, 5.41) is 0.377. The molecule has 13 heavy (non-hydrogen) atoms. The zero-order chi connectivity index (χ0) is 9.42. The molecule has 68 valence electrons. The lowest BCUT2D eigenvalue weighted by Crippen LogP contribution is -1.73. The molecule has 0 bridgehead atoms. The molecule has 0 amide bonds. The van der Waals surface area contributed by atoms with E-state index in [0.717, 1.165) is 11.3 Å². The quantitative estimate of drug-likeness (QED) is 0.651. The van der Waals surface area contributed by atoms with Crippen molar-refractivity contribution in [2.45, 2.75) is 4.90 Å². The average Bonchev–Trinajstić information content (AvgIpc) is 2.43. The van der Waals surface area contributed by atoms with Gasteiger partial charge in [-0.05, 0) is 12.3 Å². The van der Waals surface area contributed by atoms with E-state index in [2.05, 4.69) is 0 Å². The van der Waals surface area contributed by atoms with Crippen molar-refractivity contribution < 1.29 is 8.78 Å². The second-order valence-corrected chi connectivity index (χ2v) is 4.31. The second kappa shape index (κ2) is 3.27. The van der Waals surface area contributed by atoms with Crippen molar-refractivity contribution in [2.24, 2.45) is 0 Å². The van der Waals surface area contributed by atoms with Crippen molar-refractivity contribution in [1.29, 1.82) is 0 Å². The first-order valence-corrected chi connectivity index (χ1v) is 5.68. The third-order valence-electron chi connectivity index (χ3n) is 1.79. The normalized spacial score (nSPS) is 11.0. The molecule has 1 aromatic heterocycles. The van der Waals surface area contributed by atoms with E-state index in [-0.39, 0.29) is 10.9 Å². The van der Waals surface area contributed by atoms with Gasteiger partial charge in [0, 0.05) is 5.39 Å². The van der Waals surface area contributed by atoms with Gasteiger partial charge in [0.1, 0.15) is 5.82 Å². The van der Waals surface area contributed by atoms with Gasteiger partial charge in [-0.25, -0.2) is 4.39 Å². The number of fused-ring (bicyclic) bond motifs is 1. The predicted octanol–water partition coefficient (Wildman–Crippen LogP) is 3.90. The molecular weight excluding hydrogens is 210 g/mol. The molecule has 4 heteroatoms. The predicted molar refractivity (Wildman–Crippen MR) is 53.5 cm³/mol. The third kappa shape index (κ3) is 1.34. The Balaban J connectivity index is 2.86. The Morgan fingerprint density at radius 3 is 2.77 bits per heavy atom. The molecule has 1 aromatic carbocycles. The Labute approximate surface area is 82.6 Å². The fraction of sp³-hybridized carbons (Fsp3) is 0.111. The van der Waals surface area contributed by atoms with Crippen molar-refractivity contribution in [3.8, 4) is 0 Å². The van der Waals surface area contributed by atoms with Crippen LogP contribution in [0, 0.1) is 10.9 Å². The van der Waals surface area contributed by atoms with Gasteiger partial charge in [-0.15, -0.1) is 23.1 Å². The van der Waals surface area contributed by atoms with E-state index in [1.165, 1.54) is 17.8 Å². The van der Waals surface area contributed by atoms with Gasteiger partial charge >= 0.3 is 0 Å². The molecule has 0 radical (unpaired) electrons. The number of thiophene rings is 1. The molecule has 0 saturated heterocycles. The topological polar surface area (TPSA) is 0 Å². The summed E-state index contributed by atoms with van der Waals surface area (Å²) in [5.41, 5.74) is 0. The molecule has 1 heterocycles. The lowest BCUT2D eigenvalue weighted by atomic mass is 10.2. The minimum absolute atomic E-state index is 0.299. The number of halogens is 2. The molecule has 0 aliphatic heterocycles. The zero-order valence-electron chi connectivity index (χ0n) is 6.80. The monoisotopic (exact) mass is 216 g/mol. The van der Waals surface area contributed by atoms with Crippen LogP contribution in [0.1, 0.15) is 0 Å². The molecule has 2 aromatic rings. The van der Waals surface area contributed by atoms with Crippen LogP contribution in [0.25, 0.3) is 10.1 Å². The lowest BCUT2D eigenvalue weighted by Gasteiger charge is -1.93. The van der Waals surface area contributed by atoms with Gasteiger partial charge in [-0.2, -0.15) is 4.39 Å². The molecule has 0 aliphatic carbocycles. The Kier molecular flexibility index (Phi) is 2.26. The number of thioether (sulfide) groups is 1. The summed E-state index contributed by atoms with van der Waals surface area (Å²) in [4.78, 5) is 0.541. The molecule has 0 nitrogen and oxygen atoms in total. The molecular formula is C9H6F2S2. The van der Waals surface area contributed by atoms with Gasteiger partial charge in [-0.1, -0.05) is 12.1 Å². The van der Waals surface area contributed by atoms with Crippen LogP contribution in [-0.2, 0) is 0 Å². The largest absolute Gasteiger partial charge is 0.205 e. The van der Waals surface area contributed by atoms with Gasteiger partial charge in [0.2, 0.25) is 0 Å². The highest BCUT2D eigenvalue weighted by Gasteiger charge is 2.13. The molecule has 0 saturated carbocycles. The summed E-state index contributed by atoms with van der Waals surface area (Å²) in [7, 11) is 0. The fourth-order valence-corrected chi connectivity index (χ4v) is 3.04. The highest BCUT2D eigenvalue weighted by molar-refractivity contribution is 7.99. The Morgan fingerprint density at radius 2 is 2.08 bits per heavy atom. The van der Waals surface area contributed by atoms with Crippen LogP contribution in [0.3, 0.4) is 0 Å². The van der Waals surface area contributed by atoms with Crippen LogP contribution in [0.15, 0.2) is 23.1 Å². The summed E-state index contributed by atoms with van der Waals surface area (Å²) in [6.45, 7) is 0. The summed E-state index contributed by atoms with van der Waals surface area (Å²) >= 11 is 2.18.